The number of rotatable bonds is 7. The van der Waals surface area contributed by atoms with E-state index in [0.29, 0.717) is 16.3 Å². The van der Waals surface area contributed by atoms with Crippen molar-refractivity contribution in [2.75, 3.05) is 7.11 Å². The summed E-state index contributed by atoms with van der Waals surface area (Å²) < 4.78 is 5.06. The second-order valence-corrected chi connectivity index (χ2v) is 6.19. The topological polar surface area (TPSA) is 100 Å². The first-order chi connectivity index (χ1) is 12.9. The summed E-state index contributed by atoms with van der Waals surface area (Å²) in [7, 11) is 1.57. The van der Waals surface area contributed by atoms with Gasteiger partial charge in [0.2, 0.25) is 5.91 Å². The van der Waals surface area contributed by atoms with Crippen molar-refractivity contribution in [3.05, 3.63) is 58.6 Å². The van der Waals surface area contributed by atoms with Crippen LogP contribution in [0.4, 0.5) is 0 Å². The lowest BCUT2D eigenvalue weighted by molar-refractivity contribution is -0.128. The Morgan fingerprint density at radius 3 is 2.63 bits per heavy atom. The van der Waals surface area contributed by atoms with Crippen LogP contribution in [0, 0.1) is 0 Å². The predicted octanol–water partition coefficient (Wildman–Crippen LogP) is 2.25. The zero-order valence-electron chi connectivity index (χ0n) is 14.9. The number of phenolic OH excluding ortho intramolecular Hbond substituents is 1. The van der Waals surface area contributed by atoms with Crippen molar-refractivity contribution >= 4 is 29.6 Å². The van der Waals surface area contributed by atoms with E-state index in [0.717, 1.165) is 5.56 Å². The Balaban J connectivity index is 1.84. The molecule has 0 aliphatic carbocycles. The van der Waals surface area contributed by atoms with Gasteiger partial charge in [0.15, 0.2) is 0 Å². The summed E-state index contributed by atoms with van der Waals surface area (Å²) in [6, 6.07) is 10.8. The number of hydrazone groups is 1. The Labute approximate surface area is 162 Å². The van der Waals surface area contributed by atoms with Gasteiger partial charge in [-0.05, 0) is 42.8 Å². The summed E-state index contributed by atoms with van der Waals surface area (Å²) in [4.78, 5) is 24.1. The Morgan fingerprint density at radius 2 is 1.96 bits per heavy atom. The Hall–Kier alpha value is -3.06. The minimum atomic E-state index is -0.777. The molecule has 3 N–H and O–H groups in total. The number of methoxy groups -OCH3 is 1. The fourth-order valence-corrected chi connectivity index (χ4v) is 2.36. The number of nitrogens with zero attached hydrogens (tertiary/aromatic N) is 1. The maximum atomic E-state index is 12.1. The van der Waals surface area contributed by atoms with E-state index >= 15 is 0 Å². The molecule has 2 amide bonds. The normalized spacial score (nSPS) is 11.8. The highest BCUT2D eigenvalue weighted by molar-refractivity contribution is 6.30. The Kier molecular flexibility index (Phi) is 7.19. The van der Waals surface area contributed by atoms with Gasteiger partial charge < -0.3 is 15.2 Å². The highest BCUT2D eigenvalue weighted by atomic mass is 35.5. The molecular weight excluding hydrogens is 370 g/mol. The highest BCUT2D eigenvalue weighted by Gasteiger charge is 2.15. The number of hydrogen-bond acceptors (Lipinski definition) is 5. The molecular formula is C19H20ClN3O4. The van der Waals surface area contributed by atoms with Gasteiger partial charge in [0, 0.05) is 10.6 Å². The van der Waals surface area contributed by atoms with Crippen LogP contribution in [0.2, 0.25) is 5.02 Å². The van der Waals surface area contributed by atoms with Gasteiger partial charge in [-0.2, -0.15) is 5.10 Å². The first kappa shape index (κ1) is 20.3. The second kappa shape index (κ2) is 9.59. The summed E-state index contributed by atoms with van der Waals surface area (Å²) in [6.07, 6.45) is 1.41. The van der Waals surface area contributed by atoms with Gasteiger partial charge in [0.25, 0.3) is 5.91 Å². The van der Waals surface area contributed by atoms with Crippen molar-refractivity contribution in [3.63, 3.8) is 0 Å². The van der Waals surface area contributed by atoms with Gasteiger partial charge in [0.1, 0.15) is 17.5 Å². The summed E-state index contributed by atoms with van der Waals surface area (Å²) >= 11 is 5.83. The van der Waals surface area contributed by atoms with E-state index in [1.807, 2.05) is 0 Å². The molecule has 1 unspecified atom stereocenters. The number of carbonyl (C=O) groups excluding carboxylic acids is 2. The quantitative estimate of drug-likeness (QED) is 0.499. The molecule has 0 aliphatic heterocycles. The number of aromatic hydroxyl groups is 1. The molecule has 1 atom stereocenters. The third-order valence-electron chi connectivity index (χ3n) is 3.66. The fourth-order valence-electron chi connectivity index (χ4n) is 2.18. The Morgan fingerprint density at radius 1 is 1.26 bits per heavy atom. The molecule has 2 rings (SSSR count). The van der Waals surface area contributed by atoms with Gasteiger partial charge in [-0.25, -0.2) is 5.43 Å². The standard InChI is InChI=1S/C19H20ClN3O4/c1-12(22-18(25)9-13-3-6-16(27-2)7-4-13)19(26)23-21-11-14-10-15(20)5-8-17(14)24/h3-8,10-12,24H,9H2,1-2H3,(H,22,25)(H,23,26)/b21-11+. The predicted molar refractivity (Wildman–Crippen MR) is 103 cm³/mol. The molecule has 0 saturated carbocycles. The van der Waals surface area contributed by atoms with E-state index in [1.165, 1.54) is 24.4 Å². The van der Waals surface area contributed by atoms with Crippen molar-refractivity contribution in [2.24, 2.45) is 5.10 Å². The van der Waals surface area contributed by atoms with E-state index in [4.69, 9.17) is 16.3 Å². The van der Waals surface area contributed by atoms with E-state index < -0.39 is 11.9 Å². The van der Waals surface area contributed by atoms with E-state index in [2.05, 4.69) is 15.8 Å². The van der Waals surface area contributed by atoms with Gasteiger partial charge in [-0.3, -0.25) is 9.59 Å². The molecule has 142 valence electrons. The summed E-state index contributed by atoms with van der Waals surface area (Å²) in [5, 5.41) is 16.5. The van der Waals surface area contributed by atoms with Crippen molar-refractivity contribution in [1.82, 2.24) is 10.7 Å². The minimum absolute atomic E-state index is 0.0155. The first-order valence-corrected chi connectivity index (χ1v) is 8.50. The largest absolute Gasteiger partial charge is 0.507 e. The lowest BCUT2D eigenvalue weighted by atomic mass is 10.1. The highest BCUT2D eigenvalue weighted by Crippen LogP contribution is 2.19. The van der Waals surface area contributed by atoms with Crippen LogP contribution < -0.4 is 15.5 Å². The van der Waals surface area contributed by atoms with Crippen LogP contribution in [-0.4, -0.2) is 36.3 Å². The average molecular weight is 390 g/mol. The third-order valence-corrected chi connectivity index (χ3v) is 3.90. The number of ether oxygens (including phenoxy) is 1. The van der Waals surface area contributed by atoms with E-state index in [1.54, 1.807) is 38.3 Å². The molecule has 0 radical (unpaired) electrons. The zero-order valence-corrected chi connectivity index (χ0v) is 15.7. The molecule has 0 bridgehead atoms. The van der Waals surface area contributed by atoms with Crippen LogP contribution in [0.3, 0.4) is 0 Å². The monoisotopic (exact) mass is 389 g/mol. The SMILES string of the molecule is COc1ccc(CC(=O)NC(C)C(=O)N/N=C/c2cc(Cl)ccc2O)cc1. The number of phenols is 1. The third kappa shape index (κ3) is 6.31. The van der Waals surface area contributed by atoms with Crippen LogP contribution >= 0.6 is 11.6 Å². The minimum Gasteiger partial charge on any atom is -0.507 e. The van der Waals surface area contributed by atoms with Crippen LogP contribution in [0.1, 0.15) is 18.1 Å². The maximum absolute atomic E-state index is 12.1. The second-order valence-electron chi connectivity index (χ2n) is 5.75. The number of halogens is 1. The number of hydrogen-bond donors (Lipinski definition) is 3. The van der Waals surface area contributed by atoms with Gasteiger partial charge >= 0.3 is 0 Å². The average Bonchev–Trinajstić information content (AvgIpc) is 2.64. The molecule has 2 aromatic carbocycles. The van der Waals surface area contributed by atoms with Gasteiger partial charge in [0.05, 0.1) is 19.7 Å². The first-order valence-electron chi connectivity index (χ1n) is 8.12. The van der Waals surface area contributed by atoms with Crippen molar-refractivity contribution in [3.8, 4) is 11.5 Å². The smallest absolute Gasteiger partial charge is 0.262 e. The molecule has 8 heteroatoms. The number of carbonyl (C=O) groups is 2. The van der Waals surface area contributed by atoms with Crippen LogP contribution in [0.5, 0.6) is 11.5 Å². The molecule has 0 aliphatic rings. The summed E-state index contributed by atoms with van der Waals surface area (Å²) in [6.45, 7) is 1.55. The van der Waals surface area contributed by atoms with Gasteiger partial charge in [-0.15, -0.1) is 0 Å². The van der Waals surface area contributed by atoms with Crippen LogP contribution in [0.25, 0.3) is 0 Å². The molecule has 7 nitrogen and oxygen atoms in total. The summed E-state index contributed by atoms with van der Waals surface area (Å²) in [5.41, 5.74) is 3.47. The van der Waals surface area contributed by atoms with Crippen LogP contribution in [-0.2, 0) is 16.0 Å². The van der Waals surface area contributed by atoms with Gasteiger partial charge in [-0.1, -0.05) is 23.7 Å². The van der Waals surface area contributed by atoms with Crippen LogP contribution in [0.15, 0.2) is 47.6 Å². The lowest BCUT2D eigenvalue weighted by Gasteiger charge is -2.12. The molecule has 0 heterocycles. The molecule has 0 aromatic heterocycles. The number of amides is 2. The van der Waals surface area contributed by atoms with Crippen molar-refractivity contribution in [1.29, 1.82) is 0 Å². The molecule has 0 spiro atoms. The molecule has 2 aromatic rings. The lowest BCUT2D eigenvalue weighted by Crippen LogP contribution is -2.43. The Bertz CT molecular complexity index is 837. The van der Waals surface area contributed by atoms with E-state index in [9.17, 15) is 14.7 Å². The number of nitrogens with one attached hydrogen (secondary N) is 2. The van der Waals surface area contributed by atoms with Crippen molar-refractivity contribution in [2.45, 2.75) is 19.4 Å². The fraction of sp³-hybridized carbons (Fsp3) is 0.211. The molecule has 0 saturated heterocycles. The summed E-state index contributed by atoms with van der Waals surface area (Å²) in [5.74, 6) is -0.0936. The molecule has 27 heavy (non-hydrogen) atoms. The zero-order chi connectivity index (χ0) is 19.8. The molecule has 0 fully saturated rings. The maximum Gasteiger partial charge on any atom is 0.262 e. The van der Waals surface area contributed by atoms with E-state index in [-0.39, 0.29) is 18.1 Å². The van der Waals surface area contributed by atoms with Crippen molar-refractivity contribution < 1.29 is 19.4 Å². The number of benzene rings is 2.